The van der Waals surface area contributed by atoms with Crippen LogP contribution in [-0.4, -0.2) is 4.57 Å². The number of aromatic nitrogens is 1. The van der Waals surface area contributed by atoms with Crippen LogP contribution >= 0.6 is 0 Å². The van der Waals surface area contributed by atoms with E-state index in [1.165, 1.54) is 12.1 Å². The van der Waals surface area contributed by atoms with Crippen LogP contribution in [0.15, 0.2) is 72.9 Å². The lowest BCUT2D eigenvalue weighted by Gasteiger charge is -2.07. The zero-order chi connectivity index (χ0) is 15.4. The number of halogens is 1. The molecule has 106 valence electrons. The van der Waals surface area contributed by atoms with Crippen LogP contribution in [0.5, 0.6) is 0 Å². The van der Waals surface area contributed by atoms with Crippen molar-refractivity contribution in [3.8, 4) is 11.8 Å². The molecule has 0 spiro atoms. The van der Waals surface area contributed by atoms with Gasteiger partial charge in [-0.2, -0.15) is 5.26 Å². The maximum Gasteiger partial charge on any atom is 0.123 e. The summed E-state index contributed by atoms with van der Waals surface area (Å²) in [6, 6.07) is 21.9. The Morgan fingerprint density at radius 2 is 1.68 bits per heavy atom. The lowest BCUT2D eigenvalue weighted by atomic mass is 10.1. The molecule has 0 unspecified atom stereocenters. The van der Waals surface area contributed by atoms with Gasteiger partial charge in [0.05, 0.1) is 11.6 Å². The molecule has 1 aromatic heterocycles. The molecule has 22 heavy (non-hydrogen) atoms. The number of allylic oxidation sites excluding steroid dienone is 1. The number of nitrogens with zero attached hydrogens (tertiary/aromatic N) is 2. The van der Waals surface area contributed by atoms with Gasteiger partial charge in [0.1, 0.15) is 5.82 Å². The van der Waals surface area contributed by atoms with Crippen LogP contribution in [0.4, 0.5) is 4.39 Å². The van der Waals surface area contributed by atoms with Crippen LogP contribution < -0.4 is 0 Å². The molecule has 0 fully saturated rings. The molecule has 0 bridgehead atoms. The summed E-state index contributed by atoms with van der Waals surface area (Å²) in [6.07, 6.45) is 3.75. The van der Waals surface area contributed by atoms with Crippen molar-refractivity contribution in [3.63, 3.8) is 0 Å². The van der Waals surface area contributed by atoms with Crippen molar-refractivity contribution in [1.29, 1.82) is 5.26 Å². The molecule has 3 rings (SSSR count). The molecule has 2 nitrogen and oxygen atoms in total. The minimum atomic E-state index is -0.311. The highest BCUT2D eigenvalue weighted by Crippen LogP contribution is 2.20. The first-order valence-electron chi connectivity index (χ1n) is 6.88. The number of hydrogen-bond donors (Lipinski definition) is 0. The SMILES string of the molecule is N#CC(=Cc1cccn1-c1ccccc1)c1ccc(F)cc1. The quantitative estimate of drug-likeness (QED) is 0.643. The van der Waals surface area contributed by atoms with Gasteiger partial charge >= 0.3 is 0 Å². The van der Waals surface area contributed by atoms with Crippen LogP contribution in [0, 0.1) is 17.1 Å². The van der Waals surface area contributed by atoms with E-state index in [1.54, 1.807) is 18.2 Å². The molecule has 2 aromatic carbocycles. The van der Waals surface area contributed by atoms with Gasteiger partial charge in [-0.05, 0) is 48.0 Å². The van der Waals surface area contributed by atoms with Crippen molar-refractivity contribution in [2.45, 2.75) is 0 Å². The molecule has 0 N–H and O–H groups in total. The van der Waals surface area contributed by atoms with Crippen LogP contribution in [0.1, 0.15) is 11.3 Å². The number of hydrogen-bond acceptors (Lipinski definition) is 1. The van der Waals surface area contributed by atoms with E-state index >= 15 is 0 Å². The maximum atomic E-state index is 13.0. The van der Waals surface area contributed by atoms with Gasteiger partial charge in [0.2, 0.25) is 0 Å². The summed E-state index contributed by atoms with van der Waals surface area (Å²) in [5.41, 5.74) is 3.11. The van der Waals surface area contributed by atoms with Crippen molar-refractivity contribution in [2.24, 2.45) is 0 Å². The van der Waals surface area contributed by atoms with Crippen molar-refractivity contribution in [1.82, 2.24) is 4.57 Å². The van der Waals surface area contributed by atoms with Crippen molar-refractivity contribution < 1.29 is 4.39 Å². The van der Waals surface area contributed by atoms with Gasteiger partial charge < -0.3 is 4.57 Å². The summed E-state index contributed by atoms with van der Waals surface area (Å²) in [6.45, 7) is 0. The Hall–Kier alpha value is -3.12. The van der Waals surface area contributed by atoms with Gasteiger partial charge in [-0.25, -0.2) is 4.39 Å². The number of para-hydroxylation sites is 1. The average Bonchev–Trinajstić information content (AvgIpc) is 3.02. The van der Waals surface area contributed by atoms with Crippen LogP contribution in [0.2, 0.25) is 0 Å². The second kappa shape index (κ2) is 6.11. The Balaban J connectivity index is 2.03. The van der Waals surface area contributed by atoms with Crippen molar-refractivity contribution in [2.75, 3.05) is 0 Å². The number of benzene rings is 2. The van der Waals surface area contributed by atoms with Gasteiger partial charge in [-0.15, -0.1) is 0 Å². The molecule has 0 atom stereocenters. The predicted octanol–water partition coefficient (Wildman–Crippen LogP) is 4.68. The lowest BCUT2D eigenvalue weighted by Crippen LogP contribution is -1.94. The molecule has 0 aliphatic rings. The lowest BCUT2D eigenvalue weighted by molar-refractivity contribution is 0.627. The van der Waals surface area contributed by atoms with E-state index in [1.807, 2.05) is 53.2 Å². The smallest absolute Gasteiger partial charge is 0.123 e. The van der Waals surface area contributed by atoms with Gasteiger partial charge in [-0.3, -0.25) is 0 Å². The molecule has 0 amide bonds. The zero-order valence-corrected chi connectivity index (χ0v) is 11.8. The zero-order valence-electron chi connectivity index (χ0n) is 11.8. The summed E-state index contributed by atoms with van der Waals surface area (Å²) in [7, 11) is 0. The largest absolute Gasteiger partial charge is 0.317 e. The second-order valence-electron chi connectivity index (χ2n) is 4.82. The highest BCUT2D eigenvalue weighted by molar-refractivity contribution is 5.89. The molecule has 3 aromatic rings. The summed E-state index contributed by atoms with van der Waals surface area (Å²) in [5, 5.41) is 9.39. The number of nitriles is 1. The average molecular weight is 288 g/mol. The normalized spacial score (nSPS) is 11.2. The minimum absolute atomic E-state index is 0.311. The van der Waals surface area contributed by atoms with Crippen molar-refractivity contribution >= 4 is 11.6 Å². The van der Waals surface area contributed by atoms with Gasteiger partial charge in [0.15, 0.2) is 0 Å². The van der Waals surface area contributed by atoms with Crippen LogP contribution in [0.25, 0.3) is 17.3 Å². The van der Waals surface area contributed by atoms with Gasteiger partial charge in [-0.1, -0.05) is 30.3 Å². The molecule has 0 aliphatic carbocycles. The first-order valence-corrected chi connectivity index (χ1v) is 6.88. The fraction of sp³-hybridized carbons (Fsp3) is 0. The fourth-order valence-electron chi connectivity index (χ4n) is 2.29. The van der Waals surface area contributed by atoms with E-state index in [-0.39, 0.29) is 5.82 Å². The second-order valence-corrected chi connectivity index (χ2v) is 4.82. The molecule has 0 aliphatic heterocycles. The Morgan fingerprint density at radius 3 is 2.36 bits per heavy atom. The van der Waals surface area contributed by atoms with Crippen LogP contribution in [0.3, 0.4) is 0 Å². The Kier molecular flexibility index (Phi) is 3.84. The summed E-state index contributed by atoms with van der Waals surface area (Å²) < 4.78 is 15.0. The first-order chi connectivity index (χ1) is 10.8. The van der Waals surface area contributed by atoms with E-state index in [0.717, 1.165) is 11.4 Å². The van der Waals surface area contributed by atoms with E-state index in [9.17, 15) is 9.65 Å². The summed E-state index contributed by atoms with van der Waals surface area (Å²) in [4.78, 5) is 0. The molecular formula is C19H13FN2. The van der Waals surface area contributed by atoms with E-state index in [0.29, 0.717) is 11.1 Å². The molecular weight excluding hydrogens is 275 g/mol. The molecule has 0 saturated heterocycles. The fourth-order valence-corrected chi connectivity index (χ4v) is 2.29. The molecule has 0 saturated carbocycles. The monoisotopic (exact) mass is 288 g/mol. The topological polar surface area (TPSA) is 28.7 Å². The first kappa shape index (κ1) is 13.8. The Labute approximate surface area is 128 Å². The Bertz CT molecular complexity index is 837. The standard InChI is InChI=1S/C19H13FN2/c20-17-10-8-15(9-11-17)16(14-21)13-19-7-4-12-22(19)18-5-2-1-3-6-18/h1-13H. The summed E-state index contributed by atoms with van der Waals surface area (Å²) in [5.74, 6) is -0.311. The van der Waals surface area contributed by atoms with E-state index in [2.05, 4.69) is 6.07 Å². The Morgan fingerprint density at radius 1 is 0.955 bits per heavy atom. The van der Waals surface area contributed by atoms with E-state index < -0.39 is 0 Å². The van der Waals surface area contributed by atoms with Crippen LogP contribution in [-0.2, 0) is 0 Å². The van der Waals surface area contributed by atoms with Gasteiger partial charge in [0.25, 0.3) is 0 Å². The molecule has 0 radical (unpaired) electrons. The predicted molar refractivity (Wildman–Crippen MR) is 85.7 cm³/mol. The minimum Gasteiger partial charge on any atom is -0.317 e. The van der Waals surface area contributed by atoms with Gasteiger partial charge in [0, 0.05) is 17.6 Å². The summed E-state index contributed by atoms with van der Waals surface area (Å²) >= 11 is 0. The molecule has 1 heterocycles. The third-order valence-electron chi connectivity index (χ3n) is 3.38. The van der Waals surface area contributed by atoms with E-state index in [4.69, 9.17) is 0 Å². The van der Waals surface area contributed by atoms with Crippen molar-refractivity contribution in [3.05, 3.63) is 90.0 Å². The third-order valence-corrected chi connectivity index (χ3v) is 3.38. The highest BCUT2D eigenvalue weighted by atomic mass is 19.1. The highest BCUT2D eigenvalue weighted by Gasteiger charge is 2.05. The third kappa shape index (κ3) is 2.82. The number of rotatable bonds is 3. The molecule has 3 heteroatoms. The maximum absolute atomic E-state index is 13.0.